The van der Waals surface area contributed by atoms with Gasteiger partial charge in [-0.1, -0.05) is 25.7 Å². The Balaban J connectivity index is 1.76. The lowest BCUT2D eigenvalue weighted by molar-refractivity contribution is 0.247. The third kappa shape index (κ3) is 3.40. The van der Waals surface area contributed by atoms with Gasteiger partial charge in [-0.3, -0.25) is 0 Å². The summed E-state index contributed by atoms with van der Waals surface area (Å²) in [5, 5.41) is 0. The van der Waals surface area contributed by atoms with Crippen molar-refractivity contribution < 1.29 is 9.53 Å². The highest BCUT2D eigenvalue weighted by Crippen LogP contribution is 2.30. The summed E-state index contributed by atoms with van der Waals surface area (Å²) in [6, 6.07) is 0. The molecule has 0 heterocycles. The maximum atomic E-state index is 9.62. The van der Waals surface area contributed by atoms with Crippen molar-refractivity contribution in [1.29, 1.82) is 0 Å². The lowest BCUT2D eigenvalue weighted by atomic mass is 9.82. The number of rotatable bonds is 6. The van der Waals surface area contributed by atoms with Crippen molar-refractivity contribution in [2.24, 2.45) is 5.92 Å². The Morgan fingerprint density at radius 3 is 2.73 bits per heavy atom. The second-order valence-electron chi connectivity index (χ2n) is 3.22. The van der Waals surface area contributed by atoms with Crippen LogP contribution in [0.3, 0.4) is 0 Å². The van der Waals surface area contributed by atoms with Crippen LogP contribution >= 0.6 is 0 Å². The zero-order valence-electron chi connectivity index (χ0n) is 6.84. The average molecular weight is 155 g/mol. The second-order valence-corrected chi connectivity index (χ2v) is 3.22. The summed E-state index contributed by atoms with van der Waals surface area (Å²) in [5.41, 5.74) is 0. The van der Waals surface area contributed by atoms with Crippen LogP contribution in [0.2, 0.25) is 0 Å². The molecule has 0 N–H and O–H groups in total. The van der Waals surface area contributed by atoms with Crippen molar-refractivity contribution in [3.8, 4) is 0 Å². The van der Waals surface area contributed by atoms with Crippen LogP contribution in [-0.4, -0.2) is 13.1 Å². The predicted molar refractivity (Wildman–Crippen MR) is 42.8 cm³/mol. The fourth-order valence-electron chi connectivity index (χ4n) is 1.43. The van der Waals surface area contributed by atoms with E-state index >= 15 is 0 Å². The van der Waals surface area contributed by atoms with E-state index in [9.17, 15) is 4.79 Å². The van der Waals surface area contributed by atoms with E-state index < -0.39 is 0 Å². The highest BCUT2D eigenvalue weighted by Gasteiger charge is 2.15. The van der Waals surface area contributed by atoms with E-state index in [2.05, 4.69) is 4.74 Å². The van der Waals surface area contributed by atoms with Crippen molar-refractivity contribution in [2.75, 3.05) is 6.61 Å². The van der Waals surface area contributed by atoms with E-state index in [1.54, 1.807) is 0 Å². The molecule has 0 bridgehead atoms. The van der Waals surface area contributed by atoms with E-state index in [0.29, 0.717) is 6.61 Å². The van der Waals surface area contributed by atoms with Crippen molar-refractivity contribution in [2.45, 2.75) is 38.5 Å². The Hall–Kier alpha value is -0.530. The second kappa shape index (κ2) is 5.16. The molecule has 0 aliphatic heterocycles. The van der Waals surface area contributed by atoms with Crippen molar-refractivity contribution in [3.63, 3.8) is 0 Å². The lowest BCUT2D eigenvalue weighted by Crippen LogP contribution is -2.10. The van der Waals surface area contributed by atoms with Gasteiger partial charge in [-0.25, -0.2) is 4.79 Å². The van der Waals surface area contributed by atoms with Gasteiger partial charge in [0.05, 0.1) is 6.61 Å². The fourth-order valence-corrected chi connectivity index (χ4v) is 1.43. The van der Waals surface area contributed by atoms with Crippen LogP contribution in [0.5, 0.6) is 0 Å². The van der Waals surface area contributed by atoms with Crippen LogP contribution in [0.25, 0.3) is 0 Å². The molecule has 2 heteroatoms. The Morgan fingerprint density at radius 1 is 1.36 bits per heavy atom. The molecule has 0 atom stereocenters. The van der Waals surface area contributed by atoms with E-state index in [1.807, 2.05) is 0 Å². The molecule has 0 saturated heterocycles. The number of ether oxygens (including phenoxy) is 1. The van der Waals surface area contributed by atoms with Crippen LogP contribution < -0.4 is 0 Å². The van der Waals surface area contributed by atoms with E-state index in [0.717, 1.165) is 12.3 Å². The molecule has 0 spiro atoms. The molecule has 1 radical (unpaired) electrons. The Kier molecular flexibility index (Phi) is 4.02. The summed E-state index contributed by atoms with van der Waals surface area (Å²) in [5.74, 6) is 0.982. The van der Waals surface area contributed by atoms with Gasteiger partial charge >= 0.3 is 6.47 Å². The van der Waals surface area contributed by atoms with Gasteiger partial charge in [0.2, 0.25) is 0 Å². The minimum atomic E-state index is 0.552. The van der Waals surface area contributed by atoms with Gasteiger partial charge in [-0.15, -0.1) is 0 Å². The van der Waals surface area contributed by atoms with Crippen LogP contribution in [0.15, 0.2) is 0 Å². The summed E-state index contributed by atoms with van der Waals surface area (Å²) in [7, 11) is 0. The molecule has 1 aliphatic carbocycles. The third-order valence-corrected chi connectivity index (χ3v) is 2.39. The Morgan fingerprint density at radius 2 is 2.18 bits per heavy atom. The molecule has 2 nitrogen and oxygen atoms in total. The molecule has 0 amide bonds. The maximum Gasteiger partial charge on any atom is 0.417 e. The molecule has 1 fully saturated rings. The van der Waals surface area contributed by atoms with E-state index in [4.69, 9.17) is 0 Å². The quantitative estimate of drug-likeness (QED) is 0.549. The molecule has 0 aromatic rings. The van der Waals surface area contributed by atoms with Gasteiger partial charge in [-0.2, -0.15) is 0 Å². The van der Waals surface area contributed by atoms with Crippen LogP contribution in [0.4, 0.5) is 0 Å². The first-order valence-electron chi connectivity index (χ1n) is 4.42. The van der Waals surface area contributed by atoms with Crippen molar-refractivity contribution in [3.05, 3.63) is 0 Å². The van der Waals surface area contributed by atoms with Gasteiger partial charge in [-0.05, 0) is 18.8 Å². The molecule has 1 aliphatic rings. The van der Waals surface area contributed by atoms with Gasteiger partial charge < -0.3 is 4.74 Å². The molecule has 11 heavy (non-hydrogen) atoms. The zero-order valence-corrected chi connectivity index (χ0v) is 6.84. The molecular formula is C9H15O2. The van der Waals surface area contributed by atoms with Gasteiger partial charge in [0.1, 0.15) is 0 Å². The minimum Gasteiger partial charge on any atom is -0.457 e. The summed E-state index contributed by atoms with van der Waals surface area (Å²) in [4.78, 5) is 9.62. The Bertz CT molecular complexity index is 108. The average Bonchev–Trinajstić information content (AvgIpc) is 1.93. The van der Waals surface area contributed by atoms with Crippen LogP contribution in [0, 0.1) is 5.92 Å². The monoisotopic (exact) mass is 155 g/mol. The van der Waals surface area contributed by atoms with E-state index in [1.165, 1.54) is 38.6 Å². The SMILES string of the molecule is O=[C]OCCCCC1CCC1. The fraction of sp³-hybridized carbons (Fsp3) is 0.889. The maximum absolute atomic E-state index is 9.62. The van der Waals surface area contributed by atoms with Crippen LogP contribution in [-0.2, 0) is 9.53 Å². The van der Waals surface area contributed by atoms with E-state index in [-0.39, 0.29) is 0 Å². The number of unbranched alkanes of at least 4 members (excludes halogenated alkanes) is 1. The van der Waals surface area contributed by atoms with Gasteiger partial charge in [0.15, 0.2) is 0 Å². The molecule has 0 aromatic heterocycles. The minimum absolute atomic E-state index is 0.552. The summed E-state index contributed by atoms with van der Waals surface area (Å²) < 4.78 is 4.46. The largest absolute Gasteiger partial charge is 0.457 e. The molecular weight excluding hydrogens is 140 g/mol. The predicted octanol–water partition coefficient (Wildman–Crippen LogP) is 2.04. The zero-order chi connectivity index (χ0) is 7.94. The number of carbonyl (C=O) groups excluding carboxylic acids is 1. The lowest BCUT2D eigenvalue weighted by Gasteiger charge is -2.24. The summed E-state index contributed by atoms with van der Waals surface area (Å²) in [6.45, 7) is 1.99. The van der Waals surface area contributed by atoms with Crippen LogP contribution in [0.1, 0.15) is 38.5 Å². The standard InChI is InChI=1S/C9H15O2/c10-8-11-7-2-1-4-9-5-3-6-9/h9H,1-7H2. The smallest absolute Gasteiger partial charge is 0.417 e. The first-order chi connectivity index (χ1) is 5.43. The first-order valence-corrected chi connectivity index (χ1v) is 4.42. The summed E-state index contributed by atoms with van der Waals surface area (Å²) in [6.07, 6.45) is 7.78. The first kappa shape index (κ1) is 8.57. The van der Waals surface area contributed by atoms with Crippen molar-refractivity contribution in [1.82, 2.24) is 0 Å². The molecule has 0 aromatic carbocycles. The molecule has 0 unspecified atom stereocenters. The van der Waals surface area contributed by atoms with Gasteiger partial charge in [0.25, 0.3) is 0 Å². The number of hydrogen-bond donors (Lipinski definition) is 0. The number of hydrogen-bond acceptors (Lipinski definition) is 2. The third-order valence-electron chi connectivity index (χ3n) is 2.39. The molecule has 1 saturated carbocycles. The van der Waals surface area contributed by atoms with Crippen molar-refractivity contribution >= 4 is 6.47 Å². The normalized spacial score (nSPS) is 17.5. The summed E-state index contributed by atoms with van der Waals surface area (Å²) >= 11 is 0. The molecule has 1 rings (SSSR count). The highest BCUT2D eigenvalue weighted by molar-refractivity contribution is 5.37. The topological polar surface area (TPSA) is 26.3 Å². The Labute approximate surface area is 67.9 Å². The molecule has 63 valence electrons. The van der Waals surface area contributed by atoms with Gasteiger partial charge in [0, 0.05) is 0 Å². The highest BCUT2D eigenvalue weighted by atomic mass is 16.5.